The maximum atomic E-state index is 4.55. The van der Waals surface area contributed by atoms with E-state index < -0.39 is 0 Å². The number of benzene rings is 1. The molecule has 156 valence electrons. The van der Waals surface area contributed by atoms with Gasteiger partial charge in [-0.25, -0.2) is 4.98 Å². The van der Waals surface area contributed by atoms with Gasteiger partial charge in [-0.2, -0.15) is 0 Å². The number of aromatic nitrogens is 2. The molecule has 0 aliphatic carbocycles. The van der Waals surface area contributed by atoms with Crippen molar-refractivity contribution in [2.75, 3.05) is 38.1 Å². The van der Waals surface area contributed by atoms with Crippen LogP contribution in [0, 0.1) is 5.92 Å². The molecule has 29 heavy (non-hydrogen) atoms. The highest BCUT2D eigenvalue weighted by Gasteiger charge is 2.28. The molecule has 1 aromatic carbocycles. The van der Waals surface area contributed by atoms with Gasteiger partial charge in [0.05, 0.1) is 12.4 Å². The molecule has 2 aliphatic rings. The summed E-state index contributed by atoms with van der Waals surface area (Å²) in [6.07, 6.45) is 11.5. The molecule has 3 heterocycles. The number of nitrogens with one attached hydrogen (secondary N) is 1. The third-order valence-electron chi connectivity index (χ3n) is 5.88. The number of hydrogen-bond donors (Lipinski definition) is 1. The van der Waals surface area contributed by atoms with Gasteiger partial charge >= 0.3 is 0 Å². The highest BCUT2D eigenvalue weighted by Crippen LogP contribution is 2.27. The van der Waals surface area contributed by atoms with Crippen LogP contribution in [0.25, 0.3) is 0 Å². The summed E-state index contributed by atoms with van der Waals surface area (Å²) in [7, 11) is 1.87. The second kappa shape index (κ2) is 10.1. The maximum Gasteiger partial charge on any atom is 0.193 e. The van der Waals surface area contributed by atoms with Gasteiger partial charge in [0.1, 0.15) is 0 Å². The zero-order valence-corrected chi connectivity index (χ0v) is 19.6. The summed E-state index contributed by atoms with van der Waals surface area (Å²) in [6.45, 7) is 7.10. The van der Waals surface area contributed by atoms with Crippen LogP contribution < -0.4 is 10.2 Å². The number of imidazole rings is 1. The fourth-order valence-electron chi connectivity index (χ4n) is 4.16. The summed E-state index contributed by atoms with van der Waals surface area (Å²) in [5.41, 5.74) is 2.56. The summed E-state index contributed by atoms with van der Waals surface area (Å²) in [5.74, 6) is 1.61. The Labute approximate surface area is 190 Å². The number of piperidine rings is 1. The molecule has 2 unspecified atom stereocenters. The second-order valence-electron chi connectivity index (χ2n) is 7.74. The van der Waals surface area contributed by atoms with Crippen LogP contribution in [-0.2, 0) is 6.54 Å². The van der Waals surface area contributed by atoms with Gasteiger partial charge in [0.15, 0.2) is 5.96 Å². The zero-order chi connectivity index (χ0) is 19.3. The Morgan fingerprint density at radius 3 is 2.83 bits per heavy atom. The van der Waals surface area contributed by atoms with Gasteiger partial charge in [0.2, 0.25) is 0 Å². The SMILES string of the molecule is CN=C(NCc1cccc(N2CC=CC2)c1)N1CCC(C)C(n2ccnc2)C1.I. The molecule has 2 atom stereocenters. The van der Waals surface area contributed by atoms with Crippen LogP contribution in [-0.4, -0.2) is 53.6 Å². The topological polar surface area (TPSA) is 48.7 Å². The van der Waals surface area contributed by atoms with E-state index in [1.165, 1.54) is 11.3 Å². The Bertz CT molecular complexity index is 824. The van der Waals surface area contributed by atoms with Gasteiger partial charge < -0.3 is 19.7 Å². The normalized spacial score (nSPS) is 21.9. The average Bonchev–Trinajstić information content (AvgIpc) is 3.44. The molecule has 0 amide bonds. The summed E-state index contributed by atoms with van der Waals surface area (Å²) in [5, 5.41) is 3.57. The van der Waals surface area contributed by atoms with Gasteiger partial charge in [-0.05, 0) is 30.0 Å². The standard InChI is InChI=1S/C22H30N6.HI/c1-18-8-12-27(16-21(18)28-13-9-24-17-28)22(23-2)25-15-19-6-5-7-20(14-19)26-10-3-4-11-26;/h3-7,9,13-14,17-18,21H,8,10-12,15-16H2,1-2H3,(H,23,25);1H. The van der Waals surface area contributed by atoms with E-state index in [1.807, 2.05) is 19.6 Å². The molecule has 0 saturated carbocycles. The second-order valence-corrected chi connectivity index (χ2v) is 7.74. The van der Waals surface area contributed by atoms with Crippen LogP contribution in [0.3, 0.4) is 0 Å². The van der Waals surface area contributed by atoms with Crippen molar-refractivity contribution in [2.24, 2.45) is 10.9 Å². The molecule has 1 fully saturated rings. The lowest BCUT2D eigenvalue weighted by Crippen LogP contribution is -2.48. The van der Waals surface area contributed by atoms with Gasteiger partial charge in [-0.15, -0.1) is 24.0 Å². The third-order valence-corrected chi connectivity index (χ3v) is 5.88. The number of rotatable bonds is 4. The van der Waals surface area contributed by atoms with Crippen molar-refractivity contribution >= 4 is 35.6 Å². The Balaban J connectivity index is 0.00000240. The predicted molar refractivity (Wildman–Crippen MR) is 130 cm³/mol. The summed E-state index contributed by atoms with van der Waals surface area (Å²) < 4.78 is 2.23. The fraction of sp³-hybridized carbons (Fsp3) is 0.455. The molecule has 4 rings (SSSR count). The number of guanidine groups is 1. The number of anilines is 1. The van der Waals surface area contributed by atoms with Crippen molar-refractivity contribution < 1.29 is 0 Å². The maximum absolute atomic E-state index is 4.55. The highest BCUT2D eigenvalue weighted by molar-refractivity contribution is 14.0. The van der Waals surface area contributed by atoms with Gasteiger partial charge in [0.25, 0.3) is 0 Å². The molecular formula is C22H31IN6. The Kier molecular flexibility index (Phi) is 7.57. The quantitative estimate of drug-likeness (QED) is 0.299. The smallest absolute Gasteiger partial charge is 0.193 e. The van der Waals surface area contributed by atoms with Crippen molar-refractivity contribution in [1.29, 1.82) is 0 Å². The van der Waals surface area contributed by atoms with Crippen molar-refractivity contribution in [2.45, 2.75) is 25.9 Å². The first-order valence-corrected chi connectivity index (χ1v) is 10.2. The van der Waals surface area contributed by atoms with Crippen LogP contribution in [0.2, 0.25) is 0 Å². The lowest BCUT2D eigenvalue weighted by Gasteiger charge is -2.39. The van der Waals surface area contributed by atoms with Crippen LogP contribution in [0.15, 0.2) is 60.1 Å². The molecule has 1 saturated heterocycles. The van der Waals surface area contributed by atoms with E-state index in [4.69, 9.17) is 0 Å². The zero-order valence-electron chi connectivity index (χ0n) is 17.2. The average molecular weight is 506 g/mol. The molecule has 2 aromatic rings. The van der Waals surface area contributed by atoms with Gasteiger partial charge in [0, 0.05) is 57.9 Å². The largest absolute Gasteiger partial charge is 0.364 e. The summed E-state index contributed by atoms with van der Waals surface area (Å²) in [4.78, 5) is 13.5. The molecule has 0 bridgehead atoms. The Morgan fingerprint density at radius 1 is 1.28 bits per heavy atom. The van der Waals surface area contributed by atoms with Gasteiger partial charge in [-0.1, -0.05) is 31.2 Å². The molecule has 0 radical (unpaired) electrons. The van der Waals surface area contributed by atoms with Crippen molar-refractivity contribution in [3.63, 3.8) is 0 Å². The molecule has 1 aromatic heterocycles. The molecule has 1 N–H and O–H groups in total. The highest BCUT2D eigenvalue weighted by atomic mass is 127. The molecular weight excluding hydrogens is 475 g/mol. The predicted octanol–water partition coefficient (Wildman–Crippen LogP) is 3.54. The number of likely N-dealkylation sites (tertiary alicyclic amines) is 1. The monoisotopic (exact) mass is 506 g/mol. The lowest BCUT2D eigenvalue weighted by molar-refractivity contribution is 0.189. The number of aliphatic imine (C=N–C) groups is 1. The first-order chi connectivity index (χ1) is 13.7. The first-order valence-electron chi connectivity index (χ1n) is 10.2. The van der Waals surface area contributed by atoms with E-state index >= 15 is 0 Å². The molecule has 7 heteroatoms. The fourth-order valence-corrected chi connectivity index (χ4v) is 4.16. The minimum atomic E-state index is 0. The van der Waals surface area contributed by atoms with Crippen LogP contribution in [0.1, 0.15) is 24.9 Å². The van der Waals surface area contributed by atoms with Crippen molar-refractivity contribution in [3.05, 3.63) is 60.7 Å². The number of nitrogens with zero attached hydrogens (tertiary/aromatic N) is 5. The minimum absolute atomic E-state index is 0. The van der Waals surface area contributed by atoms with Crippen LogP contribution in [0.4, 0.5) is 5.69 Å². The molecule has 0 spiro atoms. The van der Waals surface area contributed by atoms with Crippen molar-refractivity contribution in [3.8, 4) is 0 Å². The van der Waals surface area contributed by atoms with E-state index in [0.717, 1.165) is 45.1 Å². The van der Waals surface area contributed by atoms with E-state index in [9.17, 15) is 0 Å². The van der Waals surface area contributed by atoms with E-state index in [-0.39, 0.29) is 24.0 Å². The van der Waals surface area contributed by atoms with E-state index in [1.54, 1.807) is 0 Å². The summed E-state index contributed by atoms with van der Waals surface area (Å²) >= 11 is 0. The van der Waals surface area contributed by atoms with Crippen molar-refractivity contribution in [1.82, 2.24) is 19.8 Å². The lowest BCUT2D eigenvalue weighted by atomic mass is 9.93. The Hall–Kier alpha value is -2.03. The molecule has 2 aliphatic heterocycles. The number of hydrogen-bond acceptors (Lipinski definition) is 3. The number of halogens is 1. The Morgan fingerprint density at radius 2 is 2.10 bits per heavy atom. The summed E-state index contributed by atoms with van der Waals surface area (Å²) in [6, 6.07) is 9.22. The minimum Gasteiger partial charge on any atom is -0.364 e. The third kappa shape index (κ3) is 5.12. The first kappa shape index (κ1) is 21.7. The molecule has 6 nitrogen and oxygen atoms in total. The van der Waals surface area contributed by atoms with Gasteiger partial charge in [-0.3, -0.25) is 4.99 Å². The van der Waals surface area contributed by atoms with Crippen LogP contribution >= 0.6 is 24.0 Å². The van der Waals surface area contributed by atoms with Crippen LogP contribution in [0.5, 0.6) is 0 Å². The van der Waals surface area contributed by atoms with E-state index in [0.29, 0.717) is 12.0 Å². The van der Waals surface area contributed by atoms with E-state index in [2.05, 4.69) is 79.2 Å².